The molecule has 0 bridgehead atoms. The molecule has 17 heavy (non-hydrogen) atoms. The first-order valence-electron chi connectivity index (χ1n) is 5.52. The van der Waals surface area contributed by atoms with E-state index in [1.165, 1.54) is 0 Å². The molecule has 3 nitrogen and oxygen atoms in total. The molecule has 4 heteroatoms. The Morgan fingerprint density at radius 2 is 1.82 bits per heavy atom. The molecule has 2 rings (SSSR count). The number of aryl methyl sites for hydroxylation is 1. The highest BCUT2D eigenvalue weighted by atomic mass is 31.2. The van der Waals surface area contributed by atoms with Crippen LogP contribution in [0.25, 0.3) is 10.8 Å². The van der Waals surface area contributed by atoms with Gasteiger partial charge in [-0.15, -0.1) is 0 Å². The highest BCUT2D eigenvalue weighted by molar-refractivity contribution is 7.61. The third-order valence-electron chi connectivity index (χ3n) is 2.73. The fraction of sp³-hybridized carbons (Fsp3) is 0.231. The molecule has 2 aromatic carbocycles. The van der Waals surface area contributed by atoms with Crippen LogP contribution in [0.2, 0.25) is 0 Å². The molecule has 0 fully saturated rings. The normalized spacial score (nSPS) is 14.8. The van der Waals surface area contributed by atoms with Crippen molar-refractivity contribution in [2.24, 2.45) is 0 Å². The molecule has 2 aromatic rings. The van der Waals surface area contributed by atoms with Crippen molar-refractivity contribution in [2.75, 3.05) is 6.61 Å². The van der Waals surface area contributed by atoms with Crippen molar-refractivity contribution in [1.82, 2.24) is 0 Å². The molecule has 0 aliphatic heterocycles. The fourth-order valence-corrected chi connectivity index (χ4v) is 3.18. The van der Waals surface area contributed by atoms with Gasteiger partial charge in [0.1, 0.15) is 0 Å². The molecule has 90 valence electrons. The number of benzene rings is 2. The van der Waals surface area contributed by atoms with Gasteiger partial charge in [0.15, 0.2) is 0 Å². The van der Waals surface area contributed by atoms with Crippen molar-refractivity contribution in [3.8, 4) is 0 Å². The smallest absolute Gasteiger partial charge is 0.321 e. The summed E-state index contributed by atoms with van der Waals surface area (Å²) in [5, 5.41) is 2.14. The van der Waals surface area contributed by atoms with Crippen LogP contribution in [0.15, 0.2) is 36.4 Å². The summed E-state index contributed by atoms with van der Waals surface area (Å²) in [4.78, 5) is 9.91. The van der Waals surface area contributed by atoms with E-state index in [9.17, 15) is 9.46 Å². The first-order chi connectivity index (χ1) is 8.06. The van der Waals surface area contributed by atoms with Crippen molar-refractivity contribution in [1.29, 1.82) is 0 Å². The van der Waals surface area contributed by atoms with E-state index in [0.29, 0.717) is 5.30 Å². The van der Waals surface area contributed by atoms with Crippen LogP contribution in [-0.4, -0.2) is 11.5 Å². The zero-order valence-electron chi connectivity index (χ0n) is 9.88. The summed E-state index contributed by atoms with van der Waals surface area (Å²) in [6.45, 7) is 3.91. The van der Waals surface area contributed by atoms with Gasteiger partial charge in [0.05, 0.1) is 11.9 Å². The van der Waals surface area contributed by atoms with Crippen LogP contribution in [0.1, 0.15) is 12.5 Å². The molecule has 0 radical (unpaired) electrons. The van der Waals surface area contributed by atoms with Gasteiger partial charge in [-0.25, -0.2) is 0 Å². The Labute approximate surface area is 101 Å². The van der Waals surface area contributed by atoms with Crippen LogP contribution in [0.4, 0.5) is 0 Å². The van der Waals surface area contributed by atoms with Gasteiger partial charge < -0.3 is 9.42 Å². The molecule has 0 heterocycles. The van der Waals surface area contributed by atoms with Gasteiger partial charge in [-0.3, -0.25) is 4.57 Å². The van der Waals surface area contributed by atoms with Gasteiger partial charge in [-0.1, -0.05) is 30.3 Å². The maximum atomic E-state index is 12.1. The molecule has 0 amide bonds. The summed E-state index contributed by atoms with van der Waals surface area (Å²) < 4.78 is 17.0. The lowest BCUT2D eigenvalue weighted by atomic mass is 10.1. The van der Waals surface area contributed by atoms with Crippen LogP contribution in [0.3, 0.4) is 0 Å². The topological polar surface area (TPSA) is 46.5 Å². The van der Waals surface area contributed by atoms with E-state index >= 15 is 0 Å². The van der Waals surface area contributed by atoms with Gasteiger partial charge in [-0.05, 0) is 36.2 Å². The maximum Gasteiger partial charge on any atom is 0.359 e. The predicted molar refractivity (Wildman–Crippen MR) is 69.8 cm³/mol. The Kier molecular flexibility index (Phi) is 3.34. The first-order valence-corrected chi connectivity index (χ1v) is 7.10. The van der Waals surface area contributed by atoms with Crippen LogP contribution < -0.4 is 5.30 Å². The number of rotatable bonds is 3. The van der Waals surface area contributed by atoms with E-state index in [-0.39, 0.29) is 6.61 Å². The number of hydrogen-bond donors (Lipinski definition) is 1. The standard InChI is InChI=1S/C13H15O3P/c1-3-16-17(14,15)13-9-8-10(2)11-6-4-5-7-12(11)13/h4-9H,3H2,1-2H3,(H,14,15). The Morgan fingerprint density at radius 1 is 1.18 bits per heavy atom. The molecule has 1 unspecified atom stereocenters. The van der Waals surface area contributed by atoms with Crippen LogP contribution in [-0.2, 0) is 9.09 Å². The molecule has 1 atom stereocenters. The summed E-state index contributed by atoms with van der Waals surface area (Å²) in [5.74, 6) is 0. The minimum Gasteiger partial charge on any atom is -0.321 e. The average molecular weight is 250 g/mol. The van der Waals surface area contributed by atoms with E-state index in [1.54, 1.807) is 13.0 Å². The molecule has 0 aliphatic carbocycles. The second-order valence-electron chi connectivity index (χ2n) is 3.89. The molecule has 0 saturated heterocycles. The van der Waals surface area contributed by atoms with Crippen LogP contribution >= 0.6 is 7.60 Å². The van der Waals surface area contributed by atoms with Crippen molar-refractivity contribution in [3.63, 3.8) is 0 Å². The lowest BCUT2D eigenvalue weighted by Gasteiger charge is -2.14. The van der Waals surface area contributed by atoms with Crippen molar-refractivity contribution in [3.05, 3.63) is 42.0 Å². The third-order valence-corrected chi connectivity index (χ3v) is 4.33. The largest absolute Gasteiger partial charge is 0.359 e. The zero-order valence-corrected chi connectivity index (χ0v) is 10.8. The lowest BCUT2D eigenvalue weighted by molar-refractivity contribution is 0.284. The lowest BCUT2D eigenvalue weighted by Crippen LogP contribution is -2.09. The quantitative estimate of drug-likeness (QED) is 0.852. The molecule has 0 spiro atoms. The molecular weight excluding hydrogens is 235 g/mol. The minimum absolute atomic E-state index is 0.218. The SMILES string of the molecule is CCOP(=O)(O)c1ccc(C)c2ccccc12. The highest BCUT2D eigenvalue weighted by Crippen LogP contribution is 2.42. The second-order valence-corrected chi connectivity index (χ2v) is 5.67. The third kappa shape index (κ3) is 2.27. The molecular formula is C13H15O3P. The van der Waals surface area contributed by atoms with Crippen LogP contribution in [0.5, 0.6) is 0 Å². The summed E-state index contributed by atoms with van der Waals surface area (Å²) in [6.07, 6.45) is 0. The summed E-state index contributed by atoms with van der Waals surface area (Å²) in [5.41, 5.74) is 1.08. The van der Waals surface area contributed by atoms with E-state index in [4.69, 9.17) is 4.52 Å². The van der Waals surface area contributed by atoms with E-state index < -0.39 is 7.60 Å². The molecule has 0 aliphatic rings. The maximum absolute atomic E-state index is 12.1. The summed E-state index contributed by atoms with van der Waals surface area (Å²) >= 11 is 0. The van der Waals surface area contributed by atoms with Gasteiger partial charge in [-0.2, -0.15) is 0 Å². The summed E-state index contributed by atoms with van der Waals surface area (Å²) in [7, 11) is -3.71. The van der Waals surface area contributed by atoms with Crippen LogP contribution in [0, 0.1) is 6.92 Å². The summed E-state index contributed by atoms with van der Waals surface area (Å²) in [6, 6.07) is 11.1. The van der Waals surface area contributed by atoms with Gasteiger partial charge in [0.25, 0.3) is 0 Å². The van der Waals surface area contributed by atoms with Crippen molar-refractivity contribution < 1.29 is 14.0 Å². The zero-order chi connectivity index (χ0) is 12.5. The predicted octanol–water partition coefficient (Wildman–Crippen LogP) is 3.00. The van der Waals surface area contributed by atoms with E-state index in [0.717, 1.165) is 16.3 Å². The average Bonchev–Trinajstić information content (AvgIpc) is 2.29. The van der Waals surface area contributed by atoms with Gasteiger partial charge >= 0.3 is 7.60 Å². The molecule has 0 saturated carbocycles. The van der Waals surface area contributed by atoms with E-state index in [1.807, 2.05) is 37.3 Å². The number of hydrogen-bond acceptors (Lipinski definition) is 2. The Hall–Kier alpha value is -1.15. The molecule has 1 N–H and O–H groups in total. The Morgan fingerprint density at radius 3 is 2.47 bits per heavy atom. The second kappa shape index (κ2) is 4.61. The Bertz CT molecular complexity index is 592. The molecule has 0 aromatic heterocycles. The highest BCUT2D eigenvalue weighted by Gasteiger charge is 2.24. The monoisotopic (exact) mass is 250 g/mol. The number of fused-ring (bicyclic) bond motifs is 1. The minimum atomic E-state index is -3.71. The Balaban J connectivity index is 2.71. The van der Waals surface area contributed by atoms with Crippen molar-refractivity contribution >= 4 is 23.7 Å². The van der Waals surface area contributed by atoms with Gasteiger partial charge in [0, 0.05) is 0 Å². The van der Waals surface area contributed by atoms with Crippen molar-refractivity contribution in [2.45, 2.75) is 13.8 Å². The van der Waals surface area contributed by atoms with Gasteiger partial charge in [0.2, 0.25) is 0 Å². The fourth-order valence-electron chi connectivity index (χ4n) is 1.92. The first kappa shape index (κ1) is 12.3. The van der Waals surface area contributed by atoms with E-state index in [2.05, 4.69) is 0 Å².